The van der Waals surface area contributed by atoms with Crippen LogP contribution in [0.4, 0.5) is 13.2 Å². The number of aromatic nitrogens is 1. The largest absolute Gasteiger partial charge is 0.573 e. The number of ether oxygens (including phenoxy) is 1. The summed E-state index contributed by atoms with van der Waals surface area (Å²) in [5.74, 6) is -0.463. The molecule has 0 saturated carbocycles. The third-order valence-corrected chi connectivity index (χ3v) is 2.27. The zero-order valence-electron chi connectivity index (χ0n) is 7.88. The predicted molar refractivity (Wildman–Crippen MR) is 57.5 cm³/mol. The van der Waals surface area contributed by atoms with Gasteiger partial charge in [-0.15, -0.1) is 13.2 Å². The van der Waals surface area contributed by atoms with Crippen LogP contribution in [0.15, 0.2) is 6.07 Å². The second-order valence-electron chi connectivity index (χ2n) is 2.78. The van der Waals surface area contributed by atoms with Crippen molar-refractivity contribution in [3.8, 4) is 5.75 Å². The van der Waals surface area contributed by atoms with Crippen molar-refractivity contribution in [3.63, 3.8) is 0 Å². The lowest BCUT2D eigenvalue weighted by Gasteiger charge is -2.14. The van der Waals surface area contributed by atoms with Gasteiger partial charge in [0.2, 0.25) is 0 Å². The first-order valence-corrected chi connectivity index (χ1v) is 5.20. The van der Waals surface area contributed by atoms with Gasteiger partial charge in [0.1, 0.15) is 9.45 Å². The number of halogens is 4. The summed E-state index contributed by atoms with van der Waals surface area (Å²) >= 11 is 1.74. The summed E-state index contributed by atoms with van der Waals surface area (Å²) in [4.78, 5) is 3.91. The predicted octanol–water partition coefficient (Wildman–Crippen LogP) is 1.54. The fourth-order valence-corrected chi connectivity index (χ4v) is 1.69. The first-order chi connectivity index (χ1) is 7.37. The van der Waals surface area contributed by atoms with Crippen molar-refractivity contribution >= 4 is 22.6 Å². The van der Waals surface area contributed by atoms with Crippen molar-refractivity contribution < 1.29 is 23.0 Å². The molecule has 0 fully saturated rings. The van der Waals surface area contributed by atoms with Crippen molar-refractivity contribution in [3.05, 3.63) is 21.0 Å². The van der Waals surface area contributed by atoms with Crippen LogP contribution in [0, 0.1) is 3.70 Å². The van der Waals surface area contributed by atoms with Gasteiger partial charge in [-0.3, -0.25) is 0 Å². The van der Waals surface area contributed by atoms with Gasteiger partial charge in [0, 0.05) is 18.2 Å². The van der Waals surface area contributed by atoms with Crippen LogP contribution in [0.5, 0.6) is 5.75 Å². The molecule has 0 radical (unpaired) electrons. The molecule has 1 heterocycles. The van der Waals surface area contributed by atoms with Crippen LogP contribution in [-0.2, 0) is 13.2 Å². The minimum atomic E-state index is -4.81. The lowest BCUT2D eigenvalue weighted by Crippen LogP contribution is -2.19. The van der Waals surface area contributed by atoms with Crippen LogP contribution in [0.3, 0.4) is 0 Å². The molecule has 0 aromatic carbocycles. The zero-order valence-corrected chi connectivity index (χ0v) is 10.0. The fraction of sp³-hybridized carbons (Fsp3) is 0.375. The highest BCUT2D eigenvalue weighted by Crippen LogP contribution is 2.29. The van der Waals surface area contributed by atoms with Crippen LogP contribution in [-0.4, -0.2) is 16.5 Å². The summed E-state index contributed by atoms with van der Waals surface area (Å²) in [6, 6.07) is 1.10. The number of rotatable bonds is 3. The monoisotopic (exact) mass is 348 g/mol. The lowest BCUT2D eigenvalue weighted by atomic mass is 10.2. The van der Waals surface area contributed by atoms with Gasteiger partial charge in [0.05, 0.1) is 12.3 Å². The molecule has 8 heteroatoms. The van der Waals surface area contributed by atoms with E-state index in [9.17, 15) is 13.2 Å². The van der Waals surface area contributed by atoms with E-state index < -0.39 is 18.7 Å². The fourth-order valence-electron chi connectivity index (χ4n) is 1.12. The molecular formula is C8H8F3IN2O2. The third kappa shape index (κ3) is 3.46. The minimum absolute atomic E-state index is 0.0414. The summed E-state index contributed by atoms with van der Waals surface area (Å²) in [7, 11) is 0. The Kier molecular flexibility index (Phi) is 4.33. The number of nitrogens with two attached hydrogens (primary N) is 1. The maximum atomic E-state index is 12.1. The van der Waals surface area contributed by atoms with Gasteiger partial charge < -0.3 is 15.6 Å². The van der Waals surface area contributed by atoms with Gasteiger partial charge in [0.15, 0.2) is 0 Å². The quantitative estimate of drug-likeness (QED) is 0.642. The molecule has 0 atom stereocenters. The van der Waals surface area contributed by atoms with Gasteiger partial charge >= 0.3 is 6.36 Å². The molecule has 0 unspecified atom stereocenters. The van der Waals surface area contributed by atoms with Crippen LogP contribution in [0.2, 0.25) is 0 Å². The van der Waals surface area contributed by atoms with Crippen LogP contribution in [0.25, 0.3) is 0 Å². The highest BCUT2D eigenvalue weighted by atomic mass is 127. The number of aliphatic hydroxyl groups excluding tert-OH is 1. The molecule has 1 aromatic heterocycles. The number of alkyl halides is 3. The Bertz CT molecular complexity index is 384. The third-order valence-electron chi connectivity index (χ3n) is 1.71. The molecule has 0 aliphatic heterocycles. The summed E-state index contributed by atoms with van der Waals surface area (Å²) in [5, 5.41) is 8.97. The Morgan fingerprint density at radius 2 is 2.12 bits per heavy atom. The van der Waals surface area contributed by atoms with E-state index in [0.29, 0.717) is 3.70 Å². The van der Waals surface area contributed by atoms with Crippen LogP contribution >= 0.6 is 22.6 Å². The molecule has 0 spiro atoms. The highest BCUT2D eigenvalue weighted by molar-refractivity contribution is 14.1. The van der Waals surface area contributed by atoms with Gasteiger partial charge in [-0.1, -0.05) is 0 Å². The second-order valence-corrected chi connectivity index (χ2v) is 3.88. The molecule has 0 amide bonds. The van der Waals surface area contributed by atoms with Crippen LogP contribution in [0.1, 0.15) is 11.3 Å². The molecule has 0 aliphatic rings. The first kappa shape index (κ1) is 13.5. The van der Waals surface area contributed by atoms with Crippen molar-refractivity contribution in [1.82, 2.24) is 4.98 Å². The Labute approximate surface area is 103 Å². The normalized spacial score (nSPS) is 11.6. The van der Waals surface area contributed by atoms with E-state index in [-0.39, 0.29) is 17.8 Å². The van der Waals surface area contributed by atoms with Crippen LogP contribution < -0.4 is 10.5 Å². The van der Waals surface area contributed by atoms with Gasteiger partial charge in [-0.2, -0.15) is 0 Å². The molecule has 1 aromatic rings. The lowest BCUT2D eigenvalue weighted by molar-refractivity contribution is -0.275. The Balaban J connectivity index is 3.20. The maximum Gasteiger partial charge on any atom is 0.573 e. The minimum Gasteiger partial charge on any atom is -0.405 e. The molecule has 1 rings (SSSR count). The van der Waals surface area contributed by atoms with E-state index in [2.05, 4.69) is 9.72 Å². The number of aliphatic hydroxyl groups is 1. The summed E-state index contributed by atoms with van der Waals surface area (Å²) in [5.41, 5.74) is 5.46. The average molecular weight is 348 g/mol. The molecule has 0 aliphatic carbocycles. The number of hydrogen-bond donors (Lipinski definition) is 2. The molecule has 4 nitrogen and oxygen atoms in total. The summed E-state index contributed by atoms with van der Waals surface area (Å²) in [6.07, 6.45) is -4.81. The summed E-state index contributed by atoms with van der Waals surface area (Å²) < 4.78 is 40.3. The second kappa shape index (κ2) is 5.15. The maximum absolute atomic E-state index is 12.1. The van der Waals surface area contributed by atoms with Crippen molar-refractivity contribution in [2.75, 3.05) is 0 Å². The number of nitrogens with zero attached hydrogens (tertiary/aromatic N) is 1. The van der Waals surface area contributed by atoms with Crippen molar-refractivity contribution in [2.24, 2.45) is 5.73 Å². The molecule has 90 valence electrons. The average Bonchev–Trinajstić information content (AvgIpc) is 2.14. The Morgan fingerprint density at radius 1 is 1.50 bits per heavy atom. The standard InChI is InChI=1S/C8H8F3IN2O2/c9-8(10,11)16-6-1-7(12)14-5(2-13)4(6)3-15/h1,15H,2-3,13H2. The van der Waals surface area contributed by atoms with E-state index in [1.807, 2.05) is 0 Å². The SMILES string of the molecule is NCc1nc(I)cc(OC(F)(F)F)c1CO. The molecule has 3 N–H and O–H groups in total. The van der Waals surface area contributed by atoms with Crippen molar-refractivity contribution in [1.29, 1.82) is 0 Å². The van der Waals surface area contributed by atoms with E-state index in [1.165, 1.54) is 0 Å². The smallest absolute Gasteiger partial charge is 0.405 e. The summed E-state index contributed by atoms with van der Waals surface area (Å²) in [6.45, 7) is -0.678. The van der Waals surface area contributed by atoms with Gasteiger partial charge in [0.25, 0.3) is 0 Å². The molecule has 0 saturated heterocycles. The molecular weight excluding hydrogens is 340 g/mol. The van der Waals surface area contributed by atoms with E-state index >= 15 is 0 Å². The van der Waals surface area contributed by atoms with E-state index in [1.54, 1.807) is 22.6 Å². The zero-order chi connectivity index (χ0) is 12.3. The Morgan fingerprint density at radius 3 is 2.56 bits per heavy atom. The van der Waals surface area contributed by atoms with E-state index in [0.717, 1.165) is 6.07 Å². The highest BCUT2D eigenvalue weighted by Gasteiger charge is 2.32. The van der Waals surface area contributed by atoms with Gasteiger partial charge in [-0.05, 0) is 22.6 Å². The van der Waals surface area contributed by atoms with E-state index in [4.69, 9.17) is 10.8 Å². The number of pyridine rings is 1. The molecule has 16 heavy (non-hydrogen) atoms. The number of hydrogen-bond acceptors (Lipinski definition) is 4. The van der Waals surface area contributed by atoms with Crippen molar-refractivity contribution in [2.45, 2.75) is 19.5 Å². The Hall–Kier alpha value is -0.610. The molecule has 0 bridgehead atoms. The first-order valence-electron chi connectivity index (χ1n) is 4.12. The topological polar surface area (TPSA) is 68.4 Å². The van der Waals surface area contributed by atoms with Gasteiger partial charge in [-0.25, -0.2) is 4.98 Å².